The normalized spacial score (nSPS) is 13.5. The number of aromatic amines is 1. The van der Waals surface area contributed by atoms with E-state index in [1.807, 2.05) is 24.3 Å². The van der Waals surface area contributed by atoms with Crippen LogP contribution in [0.2, 0.25) is 5.02 Å². The monoisotopic (exact) mass is 485 g/mol. The lowest BCUT2D eigenvalue weighted by molar-refractivity contribution is 0.0950. The van der Waals surface area contributed by atoms with E-state index in [4.69, 9.17) is 11.6 Å². The number of aromatic nitrogens is 1. The Labute approximate surface area is 197 Å². The third-order valence-electron chi connectivity index (χ3n) is 5.76. The van der Waals surface area contributed by atoms with Gasteiger partial charge in [-0.1, -0.05) is 29.8 Å². The number of H-pyrrole nitrogens is 1. The van der Waals surface area contributed by atoms with E-state index in [1.54, 1.807) is 19.9 Å². The number of hydrogen-bond donors (Lipinski definition) is 2. The zero-order valence-corrected chi connectivity index (χ0v) is 19.9. The highest BCUT2D eigenvalue weighted by Gasteiger charge is 2.30. The molecular weight excluding hydrogens is 462 g/mol. The molecule has 0 bridgehead atoms. The quantitative estimate of drug-likeness (QED) is 0.575. The Balaban J connectivity index is 1.62. The molecule has 0 saturated heterocycles. The van der Waals surface area contributed by atoms with Crippen LogP contribution in [0.3, 0.4) is 0 Å². The van der Waals surface area contributed by atoms with Gasteiger partial charge in [-0.05, 0) is 68.1 Å². The number of hydrogen-bond acceptors (Lipinski definition) is 4. The fourth-order valence-electron chi connectivity index (χ4n) is 4.08. The van der Waals surface area contributed by atoms with Crippen LogP contribution < -0.4 is 15.2 Å². The fraction of sp³-hybridized carbons (Fsp3) is 0.250. The zero-order valence-electron chi connectivity index (χ0n) is 18.3. The van der Waals surface area contributed by atoms with E-state index in [9.17, 15) is 18.0 Å². The van der Waals surface area contributed by atoms with Gasteiger partial charge in [-0.2, -0.15) is 0 Å². The van der Waals surface area contributed by atoms with Gasteiger partial charge in [0.05, 0.1) is 21.2 Å². The van der Waals surface area contributed by atoms with E-state index >= 15 is 0 Å². The molecule has 0 saturated carbocycles. The van der Waals surface area contributed by atoms with Crippen molar-refractivity contribution in [2.24, 2.45) is 0 Å². The van der Waals surface area contributed by atoms with Crippen molar-refractivity contribution in [2.75, 3.05) is 10.8 Å². The Morgan fingerprint density at radius 1 is 1.15 bits per heavy atom. The average Bonchev–Trinajstić information content (AvgIpc) is 2.78. The molecule has 3 aromatic rings. The van der Waals surface area contributed by atoms with Crippen LogP contribution in [-0.2, 0) is 23.0 Å². The number of amides is 1. The molecule has 4 rings (SSSR count). The third kappa shape index (κ3) is 4.54. The lowest BCUT2D eigenvalue weighted by Crippen LogP contribution is -2.35. The van der Waals surface area contributed by atoms with E-state index in [0.29, 0.717) is 24.2 Å². The first-order valence-electron chi connectivity index (χ1n) is 10.6. The summed E-state index contributed by atoms with van der Waals surface area (Å²) in [5, 5.41) is 2.80. The molecule has 2 N–H and O–H groups in total. The van der Waals surface area contributed by atoms with Gasteiger partial charge in [0.2, 0.25) is 0 Å². The number of benzene rings is 2. The van der Waals surface area contributed by atoms with E-state index in [2.05, 4.69) is 10.3 Å². The predicted octanol–water partition coefficient (Wildman–Crippen LogP) is 3.72. The highest BCUT2D eigenvalue weighted by Crippen LogP contribution is 2.32. The van der Waals surface area contributed by atoms with Crippen LogP contribution >= 0.6 is 11.6 Å². The summed E-state index contributed by atoms with van der Waals surface area (Å²) >= 11 is 6.24. The average molecular weight is 486 g/mol. The second-order valence-electron chi connectivity index (χ2n) is 8.08. The predicted molar refractivity (Wildman–Crippen MR) is 128 cm³/mol. The van der Waals surface area contributed by atoms with Crippen LogP contribution in [0.1, 0.15) is 39.2 Å². The maximum absolute atomic E-state index is 13.4. The van der Waals surface area contributed by atoms with Crippen molar-refractivity contribution in [1.82, 2.24) is 10.3 Å². The van der Waals surface area contributed by atoms with E-state index < -0.39 is 15.9 Å². The molecule has 0 fully saturated rings. The number of carbonyl (C=O) groups is 1. The molecular formula is C24H24ClN3O4S. The van der Waals surface area contributed by atoms with Gasteiger partial charge in [-0.3, -0.25) is 13.9 Å². The number of aryl methyl sites for hydroxylation is 3. The van der Waals surface area contributed by atoms with Crippen molar-refractivity contribution >= 4 is 33.2 Å². The first-order valence-corrected chi connectivity index (χ1v) is 12.4. The molecule has 9 heteroatoms. The number of nitrogens with one attached hydrogen (secondary N) is 2. The number of anilines is 1. The van der Waals surface area contributed by atoms with Gasteiger partial charge in [0, 0.05) is 24.3 Å². The van der Waals surface area contributed by atoms with Gasteiger partial charge in [-0.25, -0.2) is 8.42 Å². The molecule has 33 heavy (non-hydrogen) atoms. The molecule has 1 aromatic heterocycles. The molecule has 1 amide bonds. The van der Waals surface area contributed by atoms with Crippen LogP contribution in [-0.4, -0.2) is 25.9 Å². The van der Waals surface area contributed by atoms with Crippen LogP contribution in [0.5, 0.6) is 0 Å². The van der Waals surface area contributed by atoms with Crippen LogP contribution in [0.25, 0.3) is 0 Å². The van der Waals surface area contributed by atoms with E-state index in [0.717, 1.165) is 23.2 Å². The van der Waals surface area contributed by atoms with Crippen LogP contribution in [0.4, 0.5) is 5.69 Å². The molecule has 0 spiro atoms. The van der Waals surface area contributed by atoms with Crippen molar-refractivity contribution in [2.45, 2.75) is 38.1 Å². The lowest BCUT2D eigenvalue weighted by Gasteiger charge is -2.30. The molecule has 7 nitrogen and oxygen atoms in total. The molecule has 1 aliphatic heterocycles. The number of rotatable bonds is 5. The summed E-state index contributed by atoms with van der Waals surface area (Å²) in [6.45, 7) is 3.93. The molecule has 0 unspecified atom stereocenters. The summed E-state index contributed by atoms with van der Waals surface area (Å²) < 4.78 is 28.3. The van der Waals surface area contributed by atoms with Gasteiger partial charge in [0.1, 0.15) is 0 Å². The topological polar surface area (TPSA) is 99.3 Å². The number of nitrogens with zero attached hydrogens (tertiary/aromatic N) is 1. The fourth-order valence-corrected chi connectivity index (χ4v) is 5.85. The number of para-hydroxylation sites is 1. The second-order valence-corrected chi connectivity index (χ2v) is 10.3. The van der Waals surface area contributed by atoms with Gasteiger partial charge in [0.15, 0.2) is 0 Å². The summed E-state index contributed by atoms with van der Waals surface area (Å²) in [7, 11) is -3.89. The van der Waals surface area contributed by atoms with Gasteiger partial charge >= 0.3 is 0 Å². The minimum absolute atomic E-state index is 0.00686. The summed E-state index contributed by atoms with van der Waals surface area (Å²) in [4.78, 5) is 27.8. The lowest BCUT2D eigenvalue weighted by atomic mass is 10.0. The Bertz CT molecular complexity index is 1400. The SMILES string of the molecule is Cc1cc(C)c(CNC(=O)c2cc(S(=O)(=O)N3CCCc4ccccc43)ccc2Cl)c(=O)[nH]1. The number of pyridine rings is 1. The van der Waals surface area contributed by atoms with Crippen LogP contribution in [0, 0.1) is 13.8 Å². The Hall–Kier alpha value is -3.10. The van der Waals surface area contributed by atoms with Gasteiger partial charge in [-0.15, -0.1) is 0 Å². The van der Waals surface area contributed by atoms with Gasteiger partial charge < -0.3 is 10.3 Å². The van der Waals surface area contributed by atoms with Crippen LogP contribution in [0.15, 0.2) is 58.2 Å². The third-order valence-corrected chi connectivity index (χ3v) is 7.90. The van der Waals surface area contributed by atoms with Crippen molar-refractivity contribution in [3.8, 4) is 0 Å². The molecule has 0 radical (unpaired) electrons. The highest BCUT2D eigenvalue weighted by molar-refractivity contribution is 7.92. The number of carbonyl (C=O) groups excluding carboxylic acids is 1. The highest BCUT2D eigenvalue weighted by atomic mass is 35.5. The maximum Gasteiger partial charge on any atom is 0.264 e. The Morgan fingerprint density at radius 2 is 1.91 bits per heavy atom. The smallest absolute Gasteiger partial charge is 0.264 e. The molecule has 0 atom stereocenters. The first-order chi connectivity index (χ1) is 15.7. The molecule has 172 valence electrons. The summed E-state index contributed by atoms with van der Waals surface area (Å²) in [5.74, 6) is -0.560. The van der Waals surface area contributed by atoms with Gasteiger partial charge in [0.25, 0.3) is 21.5 Å². The summed E-state index contributed by atoms with van der Waals surface area (Å²) in [6.07, 6.45) is 1.52. The minimum atomic E-state index is -3.89. The molecule has 1 aliphatic rings. The zero-order chi connectivity index (χ0) is 23.8. The largest absolute Gasteiger partial charge is 0.348 e. The van der Waals surface area contributed by atoms with Crippen molar-refractivity contribution < 1.29 is 13.2 Å². The molecule has 0 aliphatic carbocycles. The maximum atomic E-state index is 13.4. The van der Waals surface area contributed by atoms with E-state index in [-0.39, 0.29) is 27.6 Å². The Morgan fingerprint density at radius 3 is 2.67 bits per heavy atom. The van der Waals surface area contributed by atoms with Crippen molar-refractivity contribution in [1.29, 1.82) is 0 Å². The number of halogens is 1. The second kappa shape index (κ2) is 9.03. The molecule has 2 aromatic carbocycles. The minimum Gasteiger partial charge on any atom is -0.348 e. The number of sulfonamides is 1. The van der Waals surface area contributed by atoms with Crippen molar-refractivity contribution in [3.05, 3.63) is 91.9 Å². The Kier molecular flexibility index (Phi) is 6.32. The summed E-state index contributed by atoms with van der Waals surface area (Å²) in [6, 6.07) is 13.3. The summed E-state index contributed by atoms with van der Waals surface area (Å²) in [5.41, 5.74) is 3.29. The van der Waals surface area contributed by atoms with E-state index in [1.165, 1.54) is 22.5 Å². The number of fused-ring (bicyclic) bond motifs is 1. The van der Waals surface area contributed by atoms with Crippen molar-refractivity contribution in [3.63, 3.8) is 0 Å². The standard InChI is InChI=1S/C24H24ClN3O4S/c1-15-12-16(2)27-24(30)20(15)14-26-23(29)19-13-18(9-10-21(19)25)33(31,32)28-11-5-7-17-6-3-4-8-22(17)28/h3-4,6,8-10,12-13H,5,7,11,14H2,1-2H3,(H,26,29)(H,27,30). The first kappa shape index (κ1) is 23.1. The molecule has 2 heterocycles.